The minimum Gasteiger partial charge on any atom is -0.507 e. The van der Waals surface area contributed by atoms with Crippen LogP contribution in [0.15, 0.2) is 51.5 Å². The molecule has 0 bridgehead atoms. The Labute approximate surface area is 135 Å². The van der Waals surface area contributed by atoms with Gasteiger partial charge in [0.15, 0.2) is 6.29 Å². The van der Waals surface area contributed by atoms with Crippen LogP contribution in [0.25, 0.3) is 0 Å². The second-order valence-corrected chi connectivity index (χ2v) is 5.84. The number of nitro groups is 1. The number of nitro benzene ring substituents is 1. The molecule has 24 heavy (non-hydrogen) atoms. The number of aldehydes is 1. The standard InChI is InChI=1S/C13H9N3O7S/c17-7-8-5-9(1-4-12(8)18)14-15-11-3-2-10(16(19)20)6-13(11)24(21,22)23/h1-7,18H,(H,21,22,23). The van der Waals surface area contributed by atoms with Gasteiger partial charge in [-0.3, -0.25) is 19.5 Å². The van der Waals surface area contributed by atoms with Crippen molar-refractivity contribution in [2.24, 2.45) is 10.2 Å². The van der Waals surface area contributed by atoms with Gasteiger partial charge in [0.25, 0.3) is 15.8 Å². The summed E-state index contributed by atoms with van der Waals surface area (Å²) in [6, 6.07) is 6.35. The van der Waals surface area contributed by atoms with E-state index in [1.165, 1.54) is 18.2 Å². The Balaban J connectivity index is 2.49. The van der Waals surface area contributed by atoms with Crippen LogP contribution in [0.3, 0.4) is 0 Å². The average Bonchev–Trinajstić information content (AvgIpc) is 2.53. The Morgan fingerprint density at radius 1 is 1.12 bits per heavy atom. The van der Waals surface area contributed by atoms with Gasteiger partial charge in [0.1, 0.15) is 16.3 Å². The quantitative estimate of drug-likeness (QED) is 0.275. The van der Waals surface area contributed by atoms with E-state index in [2.05, 4.69) is 10.2 Å². The van der Waals surface area contributed by atoms with Crippen molar-refractivity contribution in [2.45, 2.75) is 4.90 Å². The number of phenolic OH excluding ortho intramolecular Hbond substituents is 1. The van der Waals surface area contributed by atoms with Crippen LogP contribution in [0.5, 0.6) is 5.75 Å². The van der Waals surface area contributed by atoms with E-state index < -0.39 is 25.6 Å². The normalized spacial score (nSPS) is 11.5. The summed E-state index contributed by atoms with van der Waals surface area (Å²) in [5.74, 6) is -0.266. The molecule has 0 aliphatic rings. The van der Waals surface area contributed by atoms with Gasteiger partial charge in [0.2, 0.25) is 0 Å². The van der Waals surface area contributed by atoms with Crippen LogP contribution >= 0.6 is 0 Å². The summed E-state index contributed by atoms with van der Waals surface area (Å²) in [7, 11) is -4.77. The molecule has 10 nitrogen and oxygen atoms in total. The molecular formula is C13H9N3O7S. The van der Waals surface area contributed by atoms with E-state index in [-0.39, 0.29) is 22.7 Å². The summed E-state index contributed by atoms with van der Waals surface area (Å²) in [4.78, 5) is 19.8. The van der Waals surface area contributed by atoms with Crippen molar-refractivity contribution < 1.29 is 27.8 Å². The fourth-order valence-corrected chi connectivity index (χ4v) is 2.36. The van der Waals surface area contributed by atoms with Crippen molar-refractivity contribution in [2.75, 3.05) is 0 Å². The zero-order valence-electron chi connectivity index (χ0n) is 11.7. The molecule has 2 aromatic rings. The molecule has 0 amide bonds. The lowest BCUT2D eigenvalue weighted by Gasteiger charge is -2.02. The summed E-state index contributed by atoms with van der Waals surface area (Å²) >= 11 is 0. The van der Waals surface area contributed by atoms with Gasteiger partial charge in [-0.1, -0.05) is 0 Å². The number of azo groups is 1. The maximum atomic E-state index is 11.3. The highest BCUT2D eigenvalue weighted by Gasteiger charge is 2.20. The summed E-state index contributed by atoms with van der Waals surface area (Å²) in [5, 5.41) is 27.4. The van der Waals surface area contributed by atoms with Crippen molar-refractivity contribution in [3.63, 3.8) is 0 Å². The lowest BCUT2D eigenvalue weighted by Crippen LogP contribution is -2.00. The number of carbonyl (C=O) groups is 1. The number of aromatic hydroxyl groups is 1. The molecule has 0 aliphatic carbocycles. The maximum Gasteiger partial charge on any atom is 0.297 e. The Morgan fingerprint density at radius 3 is 2.42 bits per heavy atom. The van der Waals surface area contributed by atoms with Gasteiger partial charge in [0, 0.05) is 12.1 Å². The van der Waals surface area contributed by atoms with Crippen molar-refractivity contribution in [1.29, 1.82) is 0 Å². The molecule has 0 spiro atoms. The highest BCUT2D eigenvalue weighted by Crippen LogP contribution is 2.30. The molecule has 0 saturated heterocycles. The zero-order chi connectivity index (χ0) is 17.9. The van der Waals surface area contributed by atoms with E-state index in [1.54, 1.807) is 0 Å². The molecule has 2 rings (SSSR count). The highest BCUT2D eigenvalue weighted by molar-refractivity contribution is 7.86. The molecule has 0 aromatic heterocycles. The Bertz CT molecular complexity index is 954. The summed E-state index contributed by atoms with van der Waals surface area (Å²) < 4.78 is 31.8. The topological polar surface area (TPSA) is 160 Å². The van der Waals surface area contributed by atoms with Crippen molar-refractivity contribution in [3.05, 3.63) is 52.1 Å². The van der Waals surface area contributed by atoms with E-state index in [9.17, 15) is 28.4 Å². The predicted octanol–water partition coefficient (Wildman–Crippen LogP) is 2.78. The van der Waals surface area contributed by atoms with Crippen molar-refractivity contribution in [3.8, 4) is 5.75 Å². The van der Waals surface area contributed by atoms with Crippen LogP contribution < -0.4 is 0 Å². The average molecular weight is 351 g/mol. The fourth-order valence-electron chi connectivity index (χ4n) is 1.72. The molecule has 2 N–H and O–H groups in total. The molecule has 0 atom stereocenters. The third kappa shape index (κ3) is 3.77. The molecule has 0 unspecified atom stereocenters. The number of nitrogens with zero attached hydrogens (tertiary/aromatic N) is 3. The van der Waals surface area contributed by atoms with Gasteiger partial charge in [-0.2, -0.15) is 13.5 Å². The van der Waals surface area contributed by atoms with Crippen LogP contribution in [-0.4, -0.2) is 29.3 Å². The van der Waals surface area contributed by atoms with Gasteiger partial charge in [-0.25, -0.2) is 0 Å². The molecule has 2 aromatic carbocycles. The number of hydrogen-bond donors (Lipinski definition) is 2. The maximum absolute atomic E-state index is 11.3. The molecule has 0 fully saturated rings. The molecular weight excluding hydrogens is 342 g/mol. The fraction of sp³-hybridized carbons (Fsp3) is 0. The monoisotopic (exact) mass is 351 g/mol. The van der Waals surface area contributed by atoms with Gasteiger partial charge in [0.05, 0.1) is 16.2 Å². The first kappa shape index (κ1) is 17.2. The minimum absolute atomic E-state index is 0.0508. The molecule has 0 radical (unpaired) electrons. The number of rotatable bonds is 5. The third-order valence-electron chi connectivity index (χ3n) is 2.84. The van der Waals surface area contributed by atoms with Crippen LogP contribution in [0.4, 0.5) is 17.1 Å². The minimum atomic E-state index is -4.77. The number of phenols is 1. The van der Waals surface area contributed by atoms with Crippen LogP contribution in [0, 0.1) is 10.1 Å². The lowest BCUT2D eigenvalue weighted by atomic mass is 10.2. The van der Waals surface area contributed by atoms with E-state index in [0.717, 1.165) is 12.1 Å². The van der Waals surface area contributed by atoms with E-state index in [1.807, 2.05) is 0 Å². The lowest BCUT2D eigenvalue weighted by molar-refractivity contribution is -0.385. The van der Waals surface area contributed by atoms with Crippen LogP contribution in [-0.2, 0) is 10.1 Å². The number of benzene rings is 2. The van der Waals surface area contributed by atoms with E-state index in [4.69, 9.17) is 4.55 Å². The molecule has 0 saturated carbocycles. The Morgan fingerprint density at radius 2 is 1.83 bits per heavy atom. The van der Waals surface area contributed by atoms with Crippen LogP contribution in [0.2, 0.25) is 0 Å². The number of non-ortho nitro benzene ring substituents is 1. The molecule has 0 aliphatic heterocycles. The zero-order valence-corrected chi connectivity index (χ0v) is 12.5. The summed E-state index contributed by atoms with van der Waals surface area (Å²) in [6.45, 7) is 0. The molecule has 0 heterocycles. The van der Waals surface area contributed by atoms with E-state index >= 15 is 0 Å². The predicted molar refractivity (Wildman–Crippen MR) is 80.6 cm³/mol. The Kier molecular flexibility index (Phi) is 4.66. The first-order valence-corrected chi connectivity index (χ1v) is 7.62. The van der Waals surface area contributed by atoms with Gasteiger partial charge >= 0.3 is 0 Å². The highest BCUT2D eigenvalue weighted by atomic mass is 32.2. The van der Waals surface area contributed by atoms with Crippen molar-refractivity contribution in [1.82, 2.24) is 0 Å². The second-order valence-electron chi connectivity index (χ2n) is 4.45. The van der Waals surface area contributed by atoms with Crippen LogP contribution in [0.1, 0.15) is 10.4 Å². The smallest absolute Gasteiger partial charge is 0.297 e. The Hall–Kier alpha value is -3.18. The largest absolute Gasteiger partial charge is 0.507 e. The van der Waals surface area contributed by atoms with Gasteiger partial charge in [-0.05, 0) is 24.3 Å². The molecule has 124 valence electrons. The van der Waals surface area contributed by atoms with Crippen molar-refractivity contribution >= 4 is 33.5 Å². The molecule has 11 heteroatoms. The summed E-state index contributed by atoms with van der Waals surface area (Å²) in [6.07, 6.45) is 0.393. The number of hydrogen-bond acceptors (Lipinski definition) is 8. The third-order valence-corrected chi connectivity index (χ3v) is 3.73. The second kappa shape index (κ2) is 6.52. The van der Waals surface area contributed by atoms with E-state index in [0.29, 0.717) is 12.4 Å². The number of carbonyl (C=O) groups excluding carboxylic acids is 1. The SMILES string of the molecule is O=Cc1cc(N=Nc2ccc([N+](=O)[O-])cc2S(=O)(=O)O)ccc1O. The first-order valence-electron chi connectivity index (χ1n) is 6.18. The summed E-state index contributed by atoms with van der Waals surface area (Å²) in [5.41, 5.74) is -0.807. The van der Waals surface area contributed by atoms with Gasteiger partial charge < -0.3 is 5.11 Å². The first-order chi connectivity index (χ1) is 11.2. The van der Waals surface area contributed by atoms with Gasteiger partial charge in [-0.15, -0.1) is 5.11 Å².